The summed E-state index contributed by atoms with van der Waals surface area (Å²) in [5, 5.41) is 15.6. The molecule has 5 nitrogen and oxygen atoms in total. The lowest BCUT2D eigenvalue weighted by atomic mass is 9.96. The second-order valence-corrected chi connectivity index (χ2v) is 9.62. The lowest BCUT2D eigenvalue weighted by Crippen LogP contribution is -2.33. The number of aliphatic hydroxyl groups is 1. The molecule has 0 fully saturated rings. The third-order valence-electron chi connectivity index (χ3n) is 7.37. The average Bonchev–Trinajstić information content (AvgIpc) is 3.34. The number of rotatable bonds is 9. The summed E-state index contributed by atoms with van der Waals surface area (Å²) in [5.74, 6) is 0.598. The van der Waals surface area contributed by atoms with Crippen molar-refractivity contribution < 1.29 is 9.84 Å². The highest BCUT2D eigenvalue weighted by molar-refractivity contribution is 5.87. The van der Waals surface area contributed by atoms with Gasteiger partial charge in [0.25, 0.3) is 0 Å². The first kappa shape index (κ1) is 24.3. The quantitative estimate of drug-likeness (QED) is 0.313. The Kier molecular flexibility index (Phi) is 7.21. The zero-order valence-electron chi connectivity index (χ0n) is 21.0. The van der Waals surface area contributed by atoms with Crippen LogP contribution in [0.5, 0.6) is 5.75 Å². The van der Waals surface area contributed by atoms with E-state index in [1.54, 1.807) is 6.07 Å². The molecule has 1 aliphatic rings. The molecule has 36 heavy (non-hydrogen) atoms. The van der Waals surface area contributed by atoms with E-state index in [1.165, 1.54) is 28.3 Å². The average molecular weight is 483 g/mol. The maximum absolute atomic E-state index is 12.1. The Morgan fingerprint density at radius 1 is 0.944 bits per heavy atom. The van der Waals surface area contributed by atoms with Crippen molar-refractivity contribution in [3.8, 4) is 5.75 Å². The smallest absolute Gasteiger partial charge is 0.248 e. The summed E-state index contributed by atoms with van der Waals surface area (Å²) in [7, 11) is 0. The second-order valence-electron chi connectivity index (χ2n) is 9.62. The highest BCUT2D eigenvalue weighted by Gasteiger charge is 2.26. The normalized spacial score (nSPS) is 14.2. The Labute approximate surface area is 212 Å². The number of hydrogen-bond acceptors (Lipinski definition) is 4. The van der Waals surface area contributed by atoms with Gasteiger partial charge in [0, 0.05) is 24.0 Å². The van der Waals surface area contributed by atoms with Crippen molar-refractivity contribution in [2.24, 2.45) is 0 Å². The maximum atomic E-state index is 12.1. The predicted molar refractivity (Wildman–Crippen MR) is 145 cm³/mol. The SMILES string of the molecule is CCc1ccc(CC)c2c1CC(NC[C@H](O)c1ccc(OCc3ccccc3)c3[nH]c(=O)ccc13)C2. The van der Waals surface area contributed by atoms with Crippen LogP contribution in [0.3, 0.4) is 0 Å². The molecule has 1 heterocycles. The lowest BCUT2D eigenvalue weighted by molar-refractivity contribution is 0.171. The van der Waals surface area contributed by atoms with Gasteiger partial charge >= 0.3 is 0 Å². The number of ether oxygens (including phenoxy) is 1. The maximum Gasteiger partial charge on any atom is 0.248 e. The van der Waals surface area contributed by atoms with Gasteiger partial charge < -0.3 is 20.1 Å². The number of fused-ring (bicyclic) bond motifs is 2. The van der Waals surface area contributed by atoms with E-state index in [0.717, 1.165) is 42.2 Å². The minimum atomic E-state index is -0.707. The molecule has 0 bridgehead atoms. The van der Waals surface area contributed by atoms with Crippen LogP contribution in [0.1, 0.15) is 53.3 Å². The van der Waals surface area contributed by atoms with Crippen molar-refractivity contribution in [2.45, 2.75) is 58.3 Å². The third kappa shape index (κ3) is 4.95. The number of aryl methyl sites for hydroxylation is 2. The minimum Gasteiger partial charge on any atom is -0.487 e. The fourth-order valence-electron chi connectivity index (χ4n) is 5.45. The number of aromatic amines is 1. The molecular weight excluding hydrogens is 448 g/mol. The van der Waals surface area contributed by atoms with Gasteiger partial charge in [-0.05, 0) is 71.2 Å². The number of nitrogens with one attached hydrogen (secondary N) is 2. The Morgan fingerprint density at radius 2 is 1.64 bits per heavy atom. The molecule has 3 aromatic carbocycles. The van der Waals surface area contributed by atoms with E-state index in [9.17, 15) is 9.90 Å². The number of hydrogen-bond donors (Lipinski definition) is 3. The molecule has 1 aliphatic carbocycles. The third-order valence-corrected chi connectivity index (χ3v) is 7.37. The fourth-order valence-corrected chi connectivity index (χ4v) is 5.45. The molecule has 4 aromatic rings. The zero-order valence-corrected chi connectivity index (χ0v) is 21.0. The van der Waals surface area contributed by atoms with Crippen molar-refractivity contribution >= 4 is 10.9 Å². The van der Waals surface area contributed by atoms with Crippen LogP contribution >= 0.6 is 0 Å². The van der Waals surface area contributed by atoms with E-state index in [1.807, 2.05) is 42.5 Å². The van der Waals surface area contributed by atoms with Crippen molar-refractivity contribution in [3.05, 3.63) is 110 Å². The van der Waals surface area contributed by atoms with Gasteiger partial charge in [0.05, 0.1) is 11.6 Å². The largest absolute Gasteiger partial charge is 0.487 e. The van der Waals surface area contributed by atoms with Gasteiger partial charge in [-0.3, -0.25) is 4.79 Å². The highest BCUT2D eigenvalue weighted by atomic mass is 16.5. The van der Waals surface area contributed by atoms with Crippen LogP contribution in [-0.2, 0) is 32.3 Å². The van der Waals surface area contributed by atoms with Crippen molar-refractivity contribution in [1.29, 1.82) is 0 Å². The first-order valence-corrected chi connectivity index (χ1v) is 12.9. The van der Waals surface area contributed by atoms with E-state index in [-0.39, 0.29) is 5.56 Å². The number of aromatic nitrogens is 1. The molecule has 0 amide bonds. The molecule has 0 radical (unpaired) electrons. The van der Waals surface area contributed by atoms with Gasteiger partial charge in [-0.25, -0.2) is 0 Å². The van der Waals surface area contributed by atoms with Crippen LogP contribution < -0.4 is 15.6 Å². The molecule has 0 aliphatic heterocycles. The summed E-state index contributed by atoms with van der Waals surface area (Å²) in [5.41, 5.74) is 8.11. The summed E-state index contributed by atoms with van der Waals surface area (Å²) in [4.78, 5) is 15.0. The Bertz CT molecular complexity index is 1380. The fraction of sp³-hybridized carbons (Fsp3) is 0.323. The minimum absolute atomic E-state index is 0.195. The number of benzene rings is 3. The number of aliphatic hydroxyl groups excluding tert-OH is 1. The summed E-state index contributed by atoms with van der Waals surface area (Å²) in [6, 6.07) is 21.8. The molecule has 3 N–H and O–H groups in total. The van der Waals surface area contributed by atoms with E-state index in [0.29, 0.717) is 30.5 Å². The molecule has 1 atom stereocenters. The molecule has 186 valence electrons. The highest BCUT2D eigenvalue weighted by Crippen LogP contribution is 2.32. The van der Waals surface area contributed by atoms with Crippen LogP contribution in [0.4, 0.5) is 0 Å². The summed E-state index contributed by atoms with van der Waals surface area (Å²) < 4.78 is 6.05. The van der Waals surface area contributed by atoms with E-state index in [4.69, 9.17) is 4.74 Å². The second kappa shape index (κ2) is 10.7. The van der Waals surface area contributed by atoms with Gasteiger partial charge in [0.15, 0.2) is 0 Å². The van der Waals surface area contributed by atoms with E-state index >= 15 is 0 Å². The number of pyridine rings is 1. The summed E-state index contributed by atoms with van der Waals surface area (Å²) in [6.07, 6.45) is 3.38. The van der Waals surface area contributed by atoms with E-state index < -0.39 is 6.10 Å². The molecule has 0 spiro atoms. The van der Waals surface area contributed by atoms with E-state index in [2.05, 4.69) is 36.3 Å². The van der Waals surface area contributed by atoms with Crippen molar-refractivity contribution in [3.63, 3.8) is 0 Å². The van der Waals surface area contributed by atoms with Crippen LogP contribution in [0, 0.1) is 0 Å². The number of H-pyrrole nitrogens is 1. The first-order chi connectivity index (χ1) is 17.6. The molecule has 5 heteroatoms. The van der Waals surface area contributed by atoms with Crippen molar-refractivity contribution in [1.82, 2.24) is 10.3 Å². The molecule has 1 aromatic heterocycles. The van der Waals surface area contributed by atoms with Crippen LogP contribution in [0.25, 0.3) is 10.9 Å². The van der Waals surface area contributed by atoms with Gasteiger partial charge in [0.2, 0.25) is 5.56 Å². The summed E-state index contributed by atoms with van der Waals surface area (Å²) in [6.45, 7) is 5.28. The van der Waals surface area contributed by atoms with Gasteiger partial charge in [-0.1, -0.05) is 62.4 Å². The van der Waals surface area contributed by atoms with Gasteiger partial charge in [-0.2, -0.15) is 0 Å². The molecular formula is C31H34N2O3. The Morgan fingerprint density at radius 3 is 2.31 bits per heavy atom. The summed E-state index contributed by atoms with van der Waals surface area (Å²) >= 11 is 0. The lowest BCUT2D eigenvalue weighted by Gasteiger charge is -2.19. The first-order valence-electron chi connectivity index (χ1n) is 12.9. The monoisotopic (exact) mass is 482 g/mol. The topological polar surface area (TPSA) is 74.3 Å². The standard InChI is InChI=1S/C31H34N2O3/c1-3-21-10-11-22(4-2)27-17-23(16-26(21)27)32-18-28(34)24-12-14-29(31-25(24)13-15-30(35)33-31)36-19-20-8-6-5-7-9-20/h5-15,23,28,32,34H,3-4,16-19H2,1-2H3,(H,33,35)/t28-/m0/s1. The Hall–Kier alpha value is -3.41. The van der Waals surface area contributed by atoms with Crippen LogP contribution in [-0.4, -0.2) is 22.7 Å². The molecule has 0 unspecified atom stereocenters. The molecule has 0 saturated heterocycles. The molecule has 5 rings (SSSR count). The van der Waals surface area contributed by atoms with Gasteiger partial charge in [0.1, 0.15) is 12.4 Å². The van der Waals surface area contributed by atoms with Crippen LogP contribution in [0.2, 0.25) is 0 Å². The zero-order chi connectivity index (χ0) is 25.1. The van der Waals surface area contributed by atoms with Gasteiger partial charge in [-0.15, -0.1) is 0 Å². The Balaban J connectivity index is 1.32. The molecule has 0 saturated carbocycles. The predicted octanol–water partition coefficient (Wildman–Crippen LogP) is 5.02. The van der Waals surface area contributed by atoms with Crippen LogP contribution in [0.15, 0.2) is 71.5 Å². The van der Waals surface area contributed by atoms with Crippen molar-refractivity contribution in [2.75, 3.05) is 6.54 Å².